The molecular weight excluding hydrogens is 382 g/mol. The molecule has 1 aromatic carbocycles. The number of nitrogens with zero attached hydrogens (tertiary/aromatic N) is 4. The highest BCUT2D eigenvalue weighted by atomic mass is 32.1. The van der Waals surface area contributed by atoms with Gasteiger partial charge in [-0.1, -0.05) is 39.0 Å². The predicted molar refractivity (Wildman–Crippen MR) is 108 cm³/mol. The molecule has 6 nitrogen and oxygen atoms in total. The van der Waals surface area contributed by atoms with E-state index in [4.69, 9.17) is 5.53 Å². The molecule has 0 saturated carbocycles. The zero-order valence-corrected chi connectivity index (χ0v) is 17.0. The lowest BCUT2D eigenvalue weighted by Gasteiger charge is -2.24. The second-order valence-electron chi connectivity index (χ2n) is 7.94. The third-order valence-electron chi connectivity index (χ3n) is 4.56. The summed E-state index contributed by atoms with van der Waals surface area (Å²) in [6, 6.07) is 7.62. The number of thiol groups is 1. The van der Waals surface area contributed by atoms with Gasteiger partial charge in [-0.2, -0.15) is 5.11 Å². The highest BCUT2D eigenvalue weighted by Gasteiger charge is 2.40. The van der Waals surface area contributed by atoms with Crippen LogP contribution in [0.4, 0.5) is 26.1 Å². The van der Waals surface area contributed by atoms with Gasteiger partial charge in [0.15, 0.2) is 17.3 Å². The van der Waals surface area contributed by atoms with Crippen molar-refractivity contribution < 1.29 is 8.78 Å². The molecule has 0 aliphatic carbocycles. The summed E-state index contributed by atoms with van der Waals surface area (Å²) in [6.07, 6.45) is -0.241. The Morgan fingerprint density at radius 3 is 2.57 bits per heavy atom. The zero-order chi connectivity index (χ0) is 20.5. The molecule has 0 amide bonds. The van der Waals surface area contributed by atoms with Crippen molar-refractivity contribution in [1.29, 1.82) is 5.53 Å². The number of benzene rings is 1. The molecule has 2 heterocycles. The molecule has 150 valence electrons. The van der Waals surface area contributed by atoms with E-state index in [-0.39, 0.29) is 24.5 Å². The lowest BCUT2D eigenvalue weighted by atomic mass is 9.95. The molecule has 0 atom stereocenters. The summed E-state index contributed by atoms with van der Waals surface area (Å²) in [4.78, 5) is 11.4. The standard InChI is InChI=1S/C19H24F2N6S/c1-18(2,3)17-24-15(23-10-12-6-4-5-7-13(12)28)14(26-22)16(25-17)27-9-8-19(20,21)11-27/h4-7,22,28H,8-11H2,1-3H3,(H,23,24,25). The van der Waals surface area contributed by atoms with Gasteiger partial charge in [-0.15, -0.1) is 12.6 Å². The van der Waals surface area contributed by atoms with Crippen LogP contribution in [0.15, 0.2) is 34.3 Å². The Balaban J connectivity index is 2.01. The Morgan fingerprint density at radius 2 is 2.00 bits per heavy atom. The molecule has 2 N–H and O–H groups in total. The molecule has 0 bridgehead atoms. The second kappa shape index (κ2) is 7.62. The average molecular weight is 407 g/mol. The van der Waals surface area contributed by atoms with E-state index < -0.39 is 17.9 Å². The third kappa shape index (κ3) is 4.40. The molecule has 2 aromatic rings. The number of aromatic nitrogens is 2. The first-order chi connectivity index (χ1) is 13.1. The smallest absolute Gasteiger partial charge is 0.266 e. The number of nitrogens with one attached hydrogen (secondary N) is 2. The lowest BCUT2D eigenvalue weighted by molar-refractivity contribution is 0.0257. The monoisotopic (exact) mass is 406 g/mol. The fourth-order valence-corrected chi connectivity index (χ4v) is 3.22. The second-order valence-corrected chi connectivity index (χ2v) is 8.42. The normalized spacial score (nSPS) is 16.3. The van der Waals surface area contributed by atoms with Gasteiger partial charge in [0.05, 0.1) is 6.54 Å². The zero-order valence-electron chi connectivity index (χ0n) is 16.1. The van der Waals surface area contributed by atoms with Crippen molar-refractivity contribution in [2.45, 2.75) is 50.0 Å². The third-order valence-corrected chi connectivity index (χ3v) is 4.99. The van der Waals surface area contributed by atoms with Gasteiger partial charge in [-0.25, -0.2) is 24.3 Å². The summed E-state index contributed by atoms with van der Waals surface area (Å²) in [5.41, 5.74) is 8.34. The first kappa shape index (κ1) is 20.4. The van der Waals surface area contributed by atoms with Crippen LogP contribution in [0.3, 0.4) is 0 Å². The van der Waals surface area contributed by atoms with E-state index in [2.05, 4.69) is 33.0 Å². The predicted octanol–water partition coefficient (Wildman–Crippen LogP) is 5.18. The molecule has 1 saturated heterocycles. The van der Waals surface area contributed by atoms with Gasteiger partial charge >= 0.3 is 0 Å². The fourth-order valence-electron chi connectivity index (χ4n) is 2.98. The highest BCUT2D eigenvalue weighted by Crippen LogP contribution is 2.40. The van der Waals surface area contributed by atoms with Gasteiger partial charge in [0.25, 0.3) is 5.92 Å². The van der Waals surface area contributed by atoms with E-state index in [1.807, 2.05) is 45.0 Å². The number of halogens is 2. The number of hydrogen-bond donors (Lipinski definition) is 3. The summed E-state index contributed by atoms with van der Waals surface area (Å²) in [5.74, 6) is -1.64. The van der Waals surface area contributed by atoms with E-state index in [0.29, 0.717) is 18.2 Å². The molecule has 1 aromatic heterocycles. The summed E-state index contributed by atoms with van der Waals surface area (Å²) < 4.78 is 27.6. The molecule has 0 spiro atoms. The minimum atomic E-state index is -2.77. The molecule has 0 unspecified atom stereocenters. The highest BCUT2D eigenvalue weighted by molar-refractivity contribution is 7.80. The van der Waals surface area contributed by atoms with Crippen LogP contribution < -0.4 is 10.2 Å². The SMILES string of the molecule is CC(C)(C)c1nc(NCc2ccccc2S)c(N=N)c(N2CCC(F)(F)C2)n1. The van der Waals surface area contributed by atoms with Crippen LogP contribution in [0.2, 0.25) is 0 Å². The first-order valence-electron chi connectivity index (χ1n) is 9.04. The largest absolute Gasteiger partial charge is 0.364 e. The van der Waals surface area contributed by atoms with Gasteiger partial charge in [0.1, 0.15) is 5.82 Å². The van der Waals surface area contributed by atoms with Crippen molar-refractivity contribution >= 4 is 30.0 Å². The Morgan fingerprint density at radius 1 is 1.29 bits per heavy atom. The van der Waals surface area contributed by atoms with Gasteiger partial charge in [0, 0.05) is 29.8 Å². The van der Waals surface area contributed by atoms with Gasteiger partial charge in [-0.05, 0) is 11.6 Å². The Labute approximate surface area is 168 Å². The molecule has 3 rings (SSSR count). The summed E-state index contributed by atoms with van der Waals surface area (Å²) in [5, 5.41) is 6.77. The molecule has 0 radical (unpaired) electrons. The van der Waals surface area contributed by atoms with E-state index in [9.17, 15) is 8.78 Å². The maximum Gasteiger partial charge on any atom is 0.266 e. The van der Waals surface area contributed by atoms with Gasteiger partial charge < -0.3 is 10.2 Å². The number of alkyl halides is 2. The van der Waals surface area contributed by atoms with E-state index in [0.717, 1.165) is 10.5 Å². The summed E-state index contributed by atoms with van der Waals surface area (Å²) in [7, 11) is 0. The Kier molecular flexibility index (Phi) is 5.56. The molecule has 1 aliphatic rings. The fraction of sp³-hybridized carbons (Fsp3) is 0.474. The minimum absolute atomic E-state index is 0.162. The lowest BCUT2D eigenvalue weighted by Crippen LogP contribution is -2.27. The van der Waals surface area contributed by atoms with Crippen molar-refractivity contribution in [3.05, 3.63) is 35.7 Å². The molecular formula is C19H24F2N6S. The van der Waals surface area contributed by atoms with Crippen molar-refractivity contribution in [2.24, 2.45) is 5.11 Å². The summed E-state index contributed by atoms with van der Waals surface area (Å²) in [6.45, 7) is 6.00. The van der Waals surface area contributed by atoms with Crippen molar-refractivity contribution in [2.75, 3.05) is 23.3 Å². The molecule has 1 fully saturated rings. The van der Waals surface area contributed by atoms with Crippen molar-refractivity contribution in [3.63, 3.8) is 0 Å². The minimum Gasteiger partial charge on any atom is -0.364 e. The Hall–Kier alpha value is -2.29. The summed E-state index contributed by atoms with van der Waals surface area (Å²) >= 11 is 4.45. The van der Waals surface area contributed by atoms with E-state index >= 15 is 0 Å². The van der Waals surface area contributed by atoms with Crippen molar-refractivity contribution in [3.8, 4) is 0 Å². The number of anilines is 2. The average Bonchev–Trinajstić information content (AvgIpc) is 2.99. The van der Waals surface area contributed by atoms with E-state index in [1.54, 1.807) is 0 Å². The molecule has 28 heavy (non-hydrogen) atoms. The van der Waals surface area contributed by atoms with Crippen LogP contribution in [0.1, 0.15) is 38.6 Å². The van der Waals surface area contributed by atoms with Crippen LogP contribution >= 0.6 is 12.6 Å². The van der Waals surface area contributed by atoms with Crippen molar-refractivity contribution in [1.82, 2.24) is 9.97 Å². The van der Waals surface area contributed by atoms with Crippen LogP contribution in [0.25, 0.3) is 0 Å². The first-order valence-corrected chi connectivity index (χ1v) is 9.49. The van der Waals surface area contributed by atoms with Crippen LogP contribution in [0.5, 0.6) is 0 Å². The maximum atomic E-state index is 13.8. The van der Waals surface area contributed by atoms with E-state index in [1.165, 1.54) is 4.90 Å². The Bertz CT molecular complexity index is 881. The van der Waals surface area contributed by atoms with Crippen LogP contribution in [-0.4, -0.2) is 29.0 Å². The van der Waals surface area contributed by atoms with Gasteiger partial charge in [0.2, 0.25) is 0 Å². The number of hydrogen-bond acceptors (Lipinski definition) is 7. The maximum absolute atomic E-state index is 13.8. The molecule has 1 aliphatic heterocycles. The van der Waals surface area contributed by atoms with Crippen LogP contribution in [-0.2, 0) is 12.0 Å². The number of rotatable bonds is 5. The topological polar surface area (TPSA) is 77.3 Å². The molecule has 9 heteroatoms. The van der Waals surface area contributed by atoms with Gasteiger partial charge in [-0.3, -0.25) is 0 Å². The van der Waals surface area contributed by atoms with Crippen LogP contribution in [0, 0.1) is 5.53 Å². The quantitative estimate of drug-likeness (QED) is 0.472.